The summed E-state index contributed by atoms with van der Waals surface area (Å²) in [6.45, 7) is 5.44. The third-order valence-electron chi connectivity index (χ3n) is 4.07. The topological polar surface area (TPSA) is 72.7 Å². The van der Waals surface area contributed by atoms with Gasteiger partial charge < -0.3 is 9.88 Å². The number of nitrogens with zero attached hydrogens (tertiary/aromatic N) is 4. The lowest BCUT2D eigenvalue weighted by Gasteiger charge is -2.08. The van der Waals surface area contributed by atoms with E-state index in [2.05, 4.69) is 46.5 Å². The molecule has 1 aromatic carbocycles. The van der Waals surface area contributed by atoms with E-state index in [4.69, 9.17) is 0 Å². The lowest BCUT2D eigenvalue weighted by Crippen LogP contribution is -2.27. The minimum absolute atomic E-state index is 0.0151. The molecule has 0 atom stereocenters. The van der Waals surface area contributed by atoms with Gasteiger partial charge in [-0.1, -0.05) is 41.6 Å². The van der Waals surface area contributed by atoms with Gasteiger partial charge in [0.15, 0.2) is 11.0 Å². The lowest BCUT2D eigenvalue weighted by molar-refractivity contribution is -0.118. The molecule has 1 amide bonds. The number of amides is 1. The lowest BCUT2D eigenvalue weighted by atomic mass is 10.1. The first-order valence-corrected chi connectivity index (χ1v) is 9.95. The molecule has 140 valence electrons. The zero-order chi connectivity index (χ0) is 19.1. The van der Waals surface area contributed by atoms with Gasteiger partial charge >= 0.3 is 0 Å². The average Bonchev–Trinajstić information content (AvgIpc) is 3.10. The predicted molar refractivity (Wildman–Crippen MR) is 108 cm³/mol. The normalized spacial score (nSPS) is 10.7. The summed E-state index contributed by atoms with van der Waals surface area (Å²) in [7, 11) is 0. The van der Waals surface area contributed by atoms with Crippen molar-refractivity contribution >= 4 is 17.7 Å². The van der Waals surface area contributed by atoms with E-state index >= 15 is 0 Å². The molecule has 0 aliphatic heterocycles. The van der Waals surface area contributed by atoms with Crippen LogP contribution in [0.5, 0.6) is 0 Å². The van der Waals surface area contributed by atoms with Crippen LogP contribution in [0.4, 0.5) is 0 Å². The second-order valence-electron chi connectivity index (χ2n) is 6.13. The molecule has 7 heteroatoms. The van der Waals surface area contributed by atoms with Gasteiger partial charge in [0.25, 0.3) is 0 Å². The molecule has 2 aromatic heterocycles. The molecule has 0 radical (unpaired) electrons. The fourth-order valence-corrected chi connectivity index (χ4v) is 3.57. The van der Waals surface area contributed by atoms with Crippen LogP contribution >= 0.6 is 11.8 Å². The molecule has 0 fully saturated rings. The van der Waals surface area contributed by atoms with Crippen LogP contribution in [0.3, 0.4) is 0 Å². The van der Waals surface area contributed by atoms with Crippen molar-refractivity contribution in [2.24, 2.45) is 0 Å². The Balaban J connectivity index is 1.55. The first kappa shape index (κ1) is 19.1. The van der Waals surface area contributed by atoms with Crippen LogP contribution in [-0.2, 0) is 17.8 Å². The van der Waals surface area contributed by atoms with E-state index in [1.54, 1.807) is 6.20 Å². The Morgan fingerprint density at radius 3 is 2.81 bits per heavy atom. The predicted octanol–water partition coefficient (Wildman–Crippen LogP) is 3.12. The highest BCUT2D eigenvalue weighted by atomic mass is 32.2. The Morgan fingerprint density at radius 2 is 2.07 bits per heavy atom. The third-order valence-corrected chi connectivity index (χ3v) is 5.04. The number of carbonyl (C=O) groups is 1. The van der Waals surface area contributed by atoms with Crippen molar-refractivity contribution < 1.29 is 4.79 Å². The van der Waals surface area contributed by atoms with Crippen LogP contribution in [0, 0.1) is 6.92 Å². The molecule has 3 aromatic rings. The first-order chi connectivity index (χ1) is 13.2. The van der Waals surface area contributed by atoms with Gasteiger partial charge in [0.2, 0.25) is 5.91 Å². The standard InChI is InChI=1S/C20H23N5OS/c1-3-25-19(16-8-6-7-15(2)13-16)23-24-20(25)27-14-18(26)22-12-10-17-9-4-5-11-21-17/h4-9,11,13H,3,10,12,14H2,1-2H3,(H,22,26). The number of hydrogen-bond acceptors (Lipinski definition) is 5. The van der Waals surface area contributed by atoms with E-state index in [1.807, 2.05) is 34.9 Å². The Morgan fingerprint density at radius 1 is 1.19 bits per heavy atom. The number of benzene rings is 1. The van der Waals surface area contributed by atoms with Crippen molar-refractivity contribution in [3.63, 3.8) is 0 Å². The molecule has 0 unspecified atom stereocenters. The number of rotatable bonds is 8. The minimum Gasteiger partial charge on any atom is -0.355 e. The number of aromatic nitrogens is 4. The summed E-state index contributed by atoms with van der Waals surface area (Å²) in [5.74, 6) is 1.13. The largest absolute Gasteiger partial charge is 0.355 e. The van der Waals surface area contributed by atoms with Gasteiger partial charge in [0.05, 0.1) is 5.75 Å². The monoisotopic (exact) mass is 381 g/mol. The van der Waals surface area contributed by atoms with E-state index in [-0.39, 0.29) is 5.91 Å². The third kappa shape index (κ3) is 5.17. The summed E-state index contributed by atoms with van der Waals surface area (Å²) in [6, 6.07) is 14.0. The Bertz CT molecular complexity index is 894. The summed E-state index contributed by atoms with van der Waals surface area (Å²) in [5.41, 5.74) is 3.19. The van der Waals surface area contributed by atoms with Crippen molar-refractivity contribution in [3.05, 3.63) is 59.9 Å². The molecule has 0 aliphatic carbocycles. The fourth-order valence-electron chi connectivity index (χ4n) is 2.74. The maximum absolute atomic E-state index is 12.1. The molecule has 27 heavy (non-hydrogen) atoms. The van der Waals surface area contributed by atoms with Crippen LogP contribution < -0.4 is 5.32 Å². The van der Waals surface area contributed by atoms with Gasteiger partial charge in [-0.3, -0.25) is 9.78 Å². The summed E-state index contributed by atoms with van der Waals surface area (Å²) >= 11 is 1.41. The summed E-state index contributed by atoms with van der Waals surface area (Å²) in [4.78, 5) is 16.4. The highest BCUT2D eigenvalue weighted by molar-refractivity contribution is 7.99. The number of nitrogens with one attached hydrogen (secondary N) is 1. The van der Waals surface area contributed by atoms with Crippen LogP contribution in [0.2, 0.25) is 0 Å². The quantitative estimate of drug-likeness (QED) is 0.607. The van der Waals surface area contributed by atoms with Crippen molar-refractivity contribution in [2.75, 3.05) is 12.3 Å². The number of aryl methyl sites for hydroxylation is 1. The highest BCUT2D eigenvalue weighted by Crippen LogP contribution is 2.24. The van der Waals surface area contributed by atoms with Crippen molar-refractivity contribution in [3.8, 4) is 11.4 Å². The van der Waals surface area contributed by atoms with Crippen LogP contribution in [0.1, 0.15) is 18.2 Å². The second-order valence-corrected chi connectivity index (χ2v) is 7.07. The molecule has 0 saturated carbocycles. The maximum atomic E-state index is 12.1. The van der Waals surface area contributed by atoms with Gasteiger partial charge in [-0.25, -0.2) is 0 Å². The molecule has 2 heterocycles. The van der Waals surface area contributed by atoms with Crippen molar-refractivity contribution in [1.29, 1.82) is 0 Å². The van der Waals surface area contributed by atoms with Gasteiger partial charge in [0.1, 0.15) is 0 Å². The first-order valence-electron chi connectivity index (χ1n) is 8.97. The zero-order valence-corrected chi connectivity index (χ0v) is 16.4. The molecule has 0 aliphatic rings. The van der Waals surface area contributed by atoms with Crippen LogP contribution in [0.15, 0.2) is 53.8 Å². The molecule has 0 bridgehead atoms. The molecule has 0 spiro atoms. The number of hydrogen-bond donors (Lipinski definition) is 1. The van der Waals surface area contributed by atoms with Crippen LogP contribution in [0.25, 0.3) is 11.4 Å². The van der Waals surface area contributed by atoms with Gasteiger partial charge in [-0.2, -0.15) is 0 Å². The molecule has 6 nitrogen and oxygen atoms in total. The number of carbonyl (C=O) groups excluding carboxylic acids is 1. The SMILES string of the molecule is CCn1c(SCC(=O)NCCc2ccccn2)nnc1-c1cccc(C)c1. The second kappa shape index (κ2) is 9.32. The summed E-state index contributed by atoms with van der Waals surface area (Å²) in [5, 5.41) is 12.3. The van der Waals surface area contributed by atoms with E-state index in [9.17, 15) is 4.79 Å². The average molecular weight is 382 g/mol. The van der Waals surface area contributed by atoms with Gasteiger partial charge in [-0.05, 0) is 32.0 Å². The van der Waals surface area contributed by atoms with Crippen molar-refractivity contribution in [2.45, 2.75) is 32.0 Å². The molecular weight excluding hydrogens is 358 g/mol. The zero-order valence-electron chi connectivity index (χ0n) is 15.6. The van der Waals surface area contributed by atoms with Gasteiger partial charge in [-0.15, -0.1) is 10.2 Å². The Hall–Kier alpha value is -2.67. The van der Waals surface area contributed by atoms with E-state index in [0.717, 1.165) is 35.2 Å². The van der Waals surface area contributed by atoms with Crippen molar-refractivity contribution in [1.82, 2.24) is 25.1 Å². The maximum Gasteiger partial charge on any atom is 0.230 e. The van der Waals surface area contributed by atoms with E-state index < -0.39 is 0 Å². The summed E-state index contributed by atoms with van der Waals surface area (Å²) < 4.78 is 2.04. The Kier molecular flexibility index (Phi) is 6.59. The van der Waals surface area contributed by atoms with Crippen LogP contribution in [-0.4, -0.2) is 38.0 Å². The van der Waals surface area contributed by atoms with Gasteiger partial charge in [0, 0.05) is 37.0 Å². The minimum atomic E-state index is -0.0151. The number of pyridine rings is 1. The smallest absolute Gasteiger partial charge is 0.230 e. The molecule has 3 rings (SSSR count). The Labute approximate surface area is 163 Å². The molecule has 1 N–H and O–H groups in total. The molecular formula is C20H23N5OS. The molecule has 0 saturated heterocycles. The summed E-state index contributed by atoms with van der Waals surface area (Å²) in [6.07, 6.45) is 2.48. The number of thioether (sulfide) groups is 1. The fraction of sp³-hybridized carbons (Fsp3) is 0.300. The van der Waals surface area contributed by atoms with E-state index in [1.165, 1.54) is 17.3 Å². The van der Waals surface area contributed by atoms with E-state index in [0.29, 0.717) is 12.3 Å². The highest BCUT2D eigenvalue weighted by Gasteiger charge is 2.14.